The molecule has 0 N–H and O–H groups in total. The summed E-state index contributed by atoms with van der Waals surface area (Å²) in [4.78, 5) is 13.8. The summed E-state index contributed by atoms with van der Waals surface area (Å²) < 4.78 is 5.26. The molecule has 94 valence electrons. The van der Waals surface area contributed by atoms with Gasteiger partial charge in [0, 0.05) is 0 Å². The maximum absolute atomic E-state index is 11.7. The molecule has 17 heavy (non-hydrogen) atoms. The van der Waals surface area contributed by atoms with E-state index in [0.29, 0.717) is 6.61 Å². The third kappa shape index (κ3) is 5.50. The van der Waals surface area contributed by atoms with Crippen LogP contribution in [0.4, 0.5) is 0 Å². The van der Waals surface area contributed by atoms with Crippen LogP contribution in [0.1, 0.15) is 18.9 Å². The molecule has 3 heteroatoms. The number of carbonyl (C=O) groups excluding carboxylic acids is 1. The molecule has 0 aliphatic rings. The maximum atomic E-state index is 11.7. The van der Waals surface area contributed by atoms with Crippen molar-refractivity contribution >= 4 is 5.97 Å². The molecule has 1 aromatic rings. The Bertz CT molecular complexity index is 335. The Morgan fingerprint density at radius 2 is 1.94 bits per heavy atom. The number of hydrogen-bond acceptors (Lipinski definition) is 3. The number of hydrogen-bond donors (Lipinski definition) is 0. The average molecular weight is 235 g/mol. The van der Waals surface area contributed by atoms with Gasteiger partial charge < -0.3 is 9.64 Å². The van der Waals surface area contributed by atoms with Crippen LogP contribution >= 0.6 is 0 Å². The first-order valence-corrected chi connectivity index (χ1v) is 5.95. The largest absolute Gasteiger partial charge is 0.461 e. The minimum absolute atomic E-state index is 0.0406. The van der Waals surface area contributed by atoms with E-state index in [-0.39, 0.29) is 11.9 Å². The van der Waals surface area contributed by atoms with Gasteiger partial charge in [-0.15, -0.1) is 0 Å². The molecule has 0 radical (unpaired) electrons. The molecule has 0 heterocycles. The van der Waals surface area contributed by atoms with Gasteiger partial charge in [0.2, 0.25) is 0 Å². The fourth-order valence-corrected chi connectivity index (χ4v) is 1.44. The molecule has 1 rings (SSSR count). The number of nitrogens with zero attached hydrogens (tertiary/aromatic N) is 1. The number of ether oxygens (including phenoxy) is 1. The van der Waals surface area contributed by atoms with E-state index in [2.05, 4.69) is 4.90 Å². The third-order valence-electron chi connectivity index (χ3n) is 2.64. The molecular formula is C14H21NO2. The summed E-state index contributed by atoms with van der Waals surface area (Å²) in [7, 11) is 4.00. The van der Waals surface area contributed by atoms with Crippen molar-refractivity contribution in [3.63, 3.8) is 0 Å². The zero-order chi connectivity index (χ0) is 12.7. The number of benzene rings is 1. The highest BCUT2D eigenvalue weighted by atomic mass is 16.5. The number of carbonyl (C=O) groups is 1. The monoisotopic (exact) mass is 235 g/mol. The first-order valence-electron chi connectivity index (χ1n) is 5.95. The van der Waals surface area contributed by atoms with Gasteiger partial charge in [0.05, 0.1) is 5.92 Å². The molecule has 0 aromatic heterocycles. The van der Waals surface area contributed by atoms with Gasteiger partial charge in [0.15, 0.2) is 0 Å². The predicted molar refractivity (Wildman–Crippen MR) is 68.6 cm³/mol. The molecule has 1 atom stereocenters. The van der Waals surface area contributed by atoms with Crippen LogP contribution in [0, 0.1) is 5.92 Å². The lowest BCUT2D eigenvalue weighted by atomic mass is 10.1. The van der Waals surface area contributed by atoms with Crippen molar-refractivity contribution in [1.29, 1.82) is 0 Å². The molecular weight excluding hydrogens is 214 g/mol. The van der Waals surface area contributed by atoms with E-state index in [9.17, 15) is 4.79 Å². The quantitative estimate of drug-likeness (QED) is 0.709. The van der Waals surface area contributed by atoms with Crippen molar-refractivity contribution in [2.24, 2.45) is 5.92 Å². The lowest BCUT2D eigenvalue weighted by Crippen LogP contribution is -2.21. The number of esters is 1. The highest BCUT2D eigenvalue weighted by molar-refractivity contribution is 5.71. The second-order valence-corrected chi connectivity index (χ2v) is 4.59. The summed E-state index contributed by atoms with van der Waals surface area (Å²) in [5.41, 5.74) is 1.03. The van der Waals surface area contributed by atoms with Crippen LogP contribution in [0.25, 0.3) is 0 Å². The van der Waals surface area contributed by atoms with Crippen LogP contribution in [0.15, 0.2) is 30.3 Å². The number of rotatable bonds is 6. The minimum atomic E-state index is -0.115. The van der Waals surface area contributed by atoms with Crippen LogP contribution in [0.3, 0.4) is 0 Å². The van der Waals surface area contributed by atoms with Crippen LogP contribution in [-0.4, -0.2) is 31.5 Å². The van der Waals surface area contributed by atoms with E-state index >= 15 is 0 Å². The van der Waals surface area contributed by atoms with Crippen LogP contribution in [-0.2, 0) is 16.1 Å². The smallest absolute Gasteiger partial charge is 0.309 e. The zero-order valence-corrected chi connectivity index (χ0v) is 10.8. The second kappa shape index (κ2) is 7.07. The van der Waals surface area contributed by atoms with E-state index in [1.165, 1.54) is 0 Å². The molecule has 0 aliphatic heterocycles. The first-order chi connectivity index (χ1) is 8.09. The van der Waals surface area contributed by atoms with Crippen molar-refractivity contribution in [2.75, 3.05) is 20.6 Å². The molecule has 0 saturated heterocycles. The maximum Gasteiger partial charge on any atom is 0.309 e. The van der Waals surface area contributed by atoms with Crippen LogP contribution in [0.5, 0.6) is 0 Å². The van der Waals surface area contributed by atoms with E-state index in [0.717, 1.165) is 18.5 Å². The summed E-state index contributed by atoms with van der Waals surface area (Å²) in [6, 6.07) is 9.75. The molecule has 0 amide bonds. The molecule has 1 unspecified atom stereocenters. The predicted octanol–water partition coefficient (Wildman–Crippen LogP) is 2.32. The lowest BCUT2D eigenvalue weighted by molar-refractivity contribution is -0.149. The van der Waals surface area contributed by atoms with Gasteiger partial charge >= 0.3 is 5.97 Å². The minimum Gasteiger partial charge on any atom is -0.461 e. The second-order valence-electron chi connectivity index (χ2n) is 4.59. The van der Waals surface area contributed by atoms with Gasteiger partial charge in [-0.25, -0.2) is 0 Å². The summed E-state index contributed by atoms with van der Waals surface area (Å²) in [5.74, 6) is -0.156. The van der Waals surface area contributed by atoms with Crippen LogP contribution < -0.4 is 0 Å². The van der Waals surface area contributed by atoms with Crippen molar-refractivity contribution in [2.45, 2.75) is 20.0 Å². The fraction of sp³-hybridized carbons (Fsp3) is 0.500. The summed E-state index contributed by atoms with van der Waals surface area (Å²) in [6.45, 7) is 3.18. The van der Waals surface area contributed by atoms with Gasteiger partial charge in [0.25, 0.3) is 0 Å². The molecule has 3 nitrogen and oxygen atoms in total. The Hall–Kier alpha value is -1.35. The standard InChI is InChI=1S/C14H21NO2/c1-12(9-10-15(2)3)14(16)17-11-13-7-5-4-6-8-13/h4-8,12H,9-11H2,1-3H3. The van der Waals surface area contributed by atoms with Crippen molar-refractivity contribution in [1.82, 2.24) is 4.90 Å². The van der Waals surface area contributed by atoms with E-state index in [1.54, 1.807) is 0 Å². The average Bonchev–Trinajstić information content (AvgIpc) is 2.34. The Labute approximate surface area is 103 Å². The molecule has 0 bridgehead atoms. The van der Waals surface area contributed by atoms with Gasteiger partial charge in [-0.2, -0.15) is 0 Å². The Kier molecular flexibility index (Phi) is 5.70. The molecule has 0 fully saturated rings. The van der Waals surface area contributed by atoms with Crippen molar-refractivity contribution in [3.05, 3.63) is 35.9 Å². The Morgan fingerprint density at radius 1 is 1.29 bits per heavy atom. The zero-order valence-electron chi connectivity index (χ0n) is 10.8. The Balaban J connectivity index is 2.29. The fourth-order valence-electron chi connectivity index (χ4n) is 1.44. The molecule has 0 aliphatic carbocycles. The third-order valence-corrected chi connectivity index (χ3v) is 2.64. The normalized spacial score (nSPS) is 12.5. The lowest BCUT2D eigenvalue weighted by Gasteiger charge is -2.14. The summed E-state index contributed by atoms with van der Waals surface area (Å²) in [5, 5.41) is 0. The summed E-state index contributed by atoms with van der Waals surface area (Å²) >= 11 is 0. The van der Waals surface area contributed by atoms with E-state index < -0.39 is 0 Å². The molecule has 0 spiro atoms. The van der Waals surface area contributed by atoms with Gasteiger partial charge in [0.1, 0.15) is 6.61 Å². The van der Waals surface area contributed by atoms with E-state index in [1.807, 2.05) is 51.4 Å². The summed E-state index contributed by atoms with van der Waals surface area (Å²) in [6.07, 6.45) is 0.834. The van der Waals surface area contributed by atoms with E-state index in [4.69, 9.17) is 4.74 Å². The van der Waals surface area contributed by atoms with Gasteiger partial charge in [-0.1, -0.05) is 37.3 Å². The molecule has 1 aromatic carbocycles. The topological polar surface area (TPSA) is 29.5 Å². The van der Waals surface area contributed by atoms with Gasteiger partial charge in [-0.05, 0) is 32.6 Å². The van der Waals surface area contributed by atoms with Crippen molar-refractivity contribution < 1.29 is 9.53 Å². The van der Waals surface area contributed by atoms with Crippen molar-refractivity contribution in [3.8, 4) is 0 Å². The Morgan fingerprint density at radius 3 is 2.53 bits per heavy atom. The SMILES string of the molecule is CC(CCN(C)C)C(=O)OCc1ccccc1. The highest BCUT2D eigenvalue weighted by Gasteiger charge is 2.14. The van der Waals surface area contributed by atoms with Gasteiger partial charge in [-0.3, -0.25) is 4.79 Å². The molecule has 0 saturated carbocycles. The highest BCUT2D eigenvalue weighted by Crippen LogP contribution is 2.08. The first kappa shape index (κ1) is 13.7. The van der Waals surface area contributed by atoms with Crippen LogP contribution in [0.2, 0.25) is 0 Å².